The first-order valence-corrected chi connectivity index (χ1v) is 9.49. The molecule has 7 nitrogen and oxygen atoms in total. The molecule has 8 heteroatoms. The molecule has 0 fully saturated rings. The fourth-order valence-electron chi connectivity index (χ4n) is 3.82. The number of nitrogen functional groups attached to an aromatic ring is 2. The van der Waals surface area contributed by atoms with E-state index < -0.39 is 5.92 Å². The van der Waals surface area contributed by atoms with Crippen LogP contribution in [0.15, 0.2) is 58.0 Å². The Morgan fingerprint density at radius 2 is 1.68 bits per heavy atom. The standard InChI is InChI=1S/C20H15BrN6O/c21-10-7-5-9(6-8-10)14-13-15(11-3-1-2-4-12(11)17(13)28)24-16-18(22)26-20(23)27-19(16)25-14/h1-8,13-14H,(H5,22,23,25,26,27). The molecule has 0 saturated heterocycles. The van der Waals surface area contributed by atoms with Crippen molar-refractivity contribution in [1.82, 2.24) is 9.97 Å². The number of carbonyl (C=O) groups is 1. The predicted octanol–water partition coefficient (Wildman–Crippen LogP) is 3.50. The van der Waals surface area contributed by atoms with Crippen LogP contribution in [0.5, 0.6) is 0 Å². The maximum atomic E-state index is 13.3. The van der Waals surface area contributed by atoms with Crippen molar-refractivity contribution in [3.8, 4) is 0 Å². The van der Waals surface area contributed by atoms with Gasteiger partial charge in [0.25, 0.3) is 0 Å². The molecule has 1 aromatic heterocycles. The Labute approximate surface area is 169 Å². The largest absolute Gasteiger partial charge is 0.382 e. The molecule has 0 spiro atoms. The highest BCUT2D eigenvalue weighted by atomic mass is 79.9. The molecule has 2 atom stereocenters. The molecule has 5 N–H and O–H groups in total. The van der Waals surface area contributed by atoms with Crippen molar-refractivity contribution < 1.29 is 4.79 Å². The number of aliphatic imine (C=N–C) groups is 1. The minimum absolute atomic E-state index is 0.0158. The van der Waals surface area contributed by atoms with Gasteiger partial charge in [0, 0.05) is 15.6 Å². The van der Waals surface area contributed by atoms with Gasteiger partial charge in [0.15, 0.2) is 17.4 Å². The van der Waals surface area contributed by atoms with Gasteiger partial charge in [-0.15, -0.1) is 0 Å². The number of aromatic nitrogens is 2. The summed E-state index contributed by atoms with van der Waals surface area (Å²) in [6.07, 6.45) is 0. The Hall–Kier alpha value is -3.26. The topological polar surface area (TPSA) is 119 Å². The molecule has 0 radical (unpaired) electrons. The lowest BCUT2D eigenvalue weighted by Crippen LogP contribution is -2.28. The van der Waals surface area contributed by atoms with E-state index in [-0.39, 0.29) is 23.6 Å². The van der Waals surface area contributed by atoms with E-state index in [1.54, 1.807) is 0 Å². The number of nitrogens with two attached hydrogens (primary N) is 2. The molecule has 2 unspecified atom stereocenters. The van der Waals surface area contributed by atoms with Crippen molar-refractivity contribution in [3.05, 3.63) is 69.7 Å². The number of ketones is 1. The summed E-state index contributed by atoms with van der Waals surface area (Å²) >= 11 is 3.46. The second-order valence-corrected chi connectivity index (χ2v) is 7.64. The maximum Gasteiger partial charge on any atom is 0.224 e. The van der Waals surface area contributed by atoms with Crippen molar-refractivity contribution >= 4 is 50.7 Å². The molecule has 2 heterocycles. The number of halogens is 1. The number of nitrogens with zero attached hydrogens (tertiary/aromatic N) is 3. The molecule has 0 amide bonds. The van der Waals surface area contributed by atoms with E-state index in [1.807, 2.05) is 48.5 Å². The highest BCUT2D eigenvalue weighted by Crippen LogP contribution is 2.44. The maximum absolute atomic E-state index is 13.3. The molecule has 3 aromatic rings. The SMILES string of the molecule is Nc1nc(N)c2c(n1)NC(c1ccc(Br)cc1)C1C(=O)c3ccccc3C1=N2. The van der Waals surface area contributed by atoms with E-state index >= 15 is 0 Å². The first kappa shape index (κ1) is 16.9. The quantitative estimate of drug-likeness (QED) is 0.538. The van der Waals surface area contributed by atoms with Gasteiger partial charge in [0.2, 0.25) is 5.95 Å². The monoisotopic (exact) mass is 434 g/mol. The van der Waals surface area contributed by atoms with Crippen molar-refractivity contribution in [1.29, 1.82) is 0 Å². The smallest absolute Gasteiger partial charge is 0.224 e. The number of benzene rings is 2. The van der Waals surface area contributed by atoms with Crippen LogP contribution in [0, 0.1) is 5.92 Å². The Balaban J connectivity index is 1.78. The zero-order valence-corrected chi connectivity index (χ0v) is 16.1. The molecule has 1 aliphatic heterocycles. The summed E-state index contributed by atoms with van der Waals surface area (Å²) in [5, 5.41) is 3.35. The number of hydrogen-bond acceptors (Lipinski definition) is 7. The molecule has 5 rings (SSSR count). The third-order valence-electron chi connectivity index (χ3n) is 5.06. The van der Waals surface area contributed by atoms with Gasteiger partial charge >= 0.3 is 0 Å². The van der Waals surface area contributed by atoms with Crippen molar-refractivity contribution in [2.45, 2.75) is 6.04 Å². The third kappa shape index (κ3) is 2.49. The molecular weight excluding hydrogens is 420 g/mol. The molecule has 138 valence electrons. The number of nitrogens with one attached hydrogen (secondary N) is 1. The van der Waals surface area contributed by atoms with Gasteiger partial charge in [-0.3, -0.25) is 4.79 Å². The number of rotatable bonds is 1. The van der Waals surface area contributed by atoms with E-state index in [0.29, 0.717) is 22.8 Å². The van der Waals surface area contributed by atoms with Gasteiger partial charge in [0.05, 0.1) is 17.7 Å². The van der Waals surface area contributed by atoms with E-state index in [4.69, 9.17) is 16.5 Å². The van der Waals surface area contributed by atoms with Crippen LogP contribution in [0.2, 0.25) is 0 Å². The minimum Gasteiger partial charge on any atom is -0.382 e. The normalized spacial score (nSPS) is 19.8. The van der Waals surface area contributed by atoms with Crippen LogP contribution >= 0.6 is 15.9 Å². The lowest BCUT2D eigenvalue weighted by molar-refractivity contribution is 0.0952. The van der Waals surface area contributed by atoms with Crippen molar-refractivity contribution in [3.63, 3.8) is 0 Å². The molecule has 1 aliphatic carbocycles. The second-order valence-electron chi connectivity index (χ2n) is 6.72. The summed E-state index contributed by atoms with van der Waals surface area (Å²) in [5.74, 6) is 0.160. The van der Waals surface area contributed by atoms with Gasteiger partial charge in [-0.25, -0.2) is 4.99 Å². The van der Waals surface area contributed by atoms with Gasteiger partial charge in [-0.1, -0.05) is 52.3 Å². The zero-order chi connectivity index (χ0) is 19.4. The number of Topliss-reactive ketones (excluding diaryl/α,β-unsaturated/α-hetero) is 1. The summed E-state index contributed by atoms with van der Waals surface area (Å²) in [5.41, 5.74) is 15.4. The van der Waals surface area contributed by atoms with E-state index in [9.17, 15) is 4.79 Å². The second kappa shape index (κ2) is 6.13. The molecule has 2 aliphatic rings. The number of anilines is 3. The summed E-state index contributed by atoms with van der Waals surface area (Å²) in [6, 6.07) is 14.9. The lowest BCUT2D eigenvalue weighted by Gasteiger charge is -2.23. The highest BCUT2D eigenvalue weighted by molar-refractivity contribution is 9.10. The molecular formula is C20H15BrN6O. The van der Waals surface area contributed by atoms with Crippen LogP contribution in [-0.2, 0) is 0 Å². The average Bonchev–Trinajstić information content (AvgIpc) is 2.83. The first-order chi connectivity index (χ1) is 13.5. The van der Waals surface area contributed by atoms with Crippen molar-refractivity contribution in [2.75, 3.05) is 16.8 Å². The zero-order valence-electron chi connectivity index (χ0n) is 14.6. The fourth-order valence-corrected chi connectivity index (χ4v) is 4.08. The van der Waals surface area contributed by atoms with E-state index in [2.05, 4.69) is 31.2 Å². The van der Waals surface area contributed by atoms with Gasteiger partial charge in [-0.2, -0.15) is 9.97 Å². The summed E-state index contributed by atoms with van der Waals surface area (Å²) in [7, 11) is 0. The van der Waals surface area contributed by atoms with Gasteiger partial charge in [0.1, 0.15) is 5.69 Å². The molecule has 0 saturated carbocycles. The highest BCUT2D eigenvalue weighted by Gasteiger charge is 2.44. The summed E-state index contributed by atoms with van der Waals surface area (Å²) < 4.78 is 0.955. The van der Waals surface area contributed by atoms with Crippen LogP contribution in [0.3, 0.4) is 0 Å². The number of hydrogen-bond donors (Lipinski definition) is 3. The molecule has 2 aromatic carbocycles. The Morgan fingerprint density at radius 1 is 0.964 bits per heavy atom. The van der Waals surface area contributed by atoms with Crippen LogP contribution in [0.1, 0.15) is 27.5 Å². The van der Waals surface area contributed by atoms with Gasteiger partial charge in [-0.05, 0) is 17.7 Å². The van der Waals surface area contributed by atoms with E-state index in [0.717, 1.165) is 15.6 Å². The van der Waals surface area contributed by atoms with Crippen LogP contribution < -0.4 is 16.8 Å². The average molecular weight is 435 g/mol. The lowest BCUT2D eigenvalue weighted by atomic mass is 9.88. The van der Waals surface area contributed by atoms with Crippen LogP contribution in [0.25, 0.3) is 0 Å². The predicted molar refractivity (Wildman–Crippen MR) is 112 cm³/mol. The first-order valence-electron chi connectivity index (χ1n) is 8.70. The van der Waals surface area contributed by atoms with Crippen LogP contribution in [0.4, 0.5) is 23.3 Å². The van der Waals surface area contributed by atoms with Gasteiger partial charge < -0.3 is 16.8 Å². The number of fused-ring (bicyclic) bond motifs is 4. The Bertz CT molecular complexity index is 1160. The summed E-state index contributed by atoms with van der Waals surface area (Å²) in [4.78, 5) is 26.4. The fraction of sp³-hybridized carbons (Fsp3) is 0.100. The van der Waals surface area contributed by atoms with Crippen LogP contribution in [-0.4, -0.2) is 21.5 Å². The Kier molecular flexibility index (Phi) is 3.70. The molecule has 28 heavy (non-hydrogen) atoms. The molecule has 0 bridgehead atoms. The van der Waals surface area contributed by atoms with Crippen molar-refractivity contribution in [2.24, 2.45) is 10.9 Å². The summed E-state index contributed by atoms with van der Waals surface area (Å²) in [6.45, 7) is 0. The number of carbonyl (C=O) groups excluding carboxylic acids is 1. The third-order valence-corrected chi connectivity index (χ3v) is 5.59. The minimum atomic E-state index is -0.506. The van der Waals surface area contributed by atoms with E-state index in [1.165, 1.54) is 0 Å². The Morgan fingerprint density at radius 3 is 2.43 bits per heavy atom.